The number of fused-ring (bicyclic) bond motifs is 1. The normalized spacial score (nSPS) is 15.7. The first kappa shape index (κ1) is 19.8. The summed E-state index contributed by atoms with van der Waals surface area (Å²) < 4.78 is 7.18. The molecule has 154 valence electrons. The number of benzene rings is 2. The molecule has 0 aliphatic carbocycles. The van der Waals surface area contributed by atoms with Gasteiger partial charge in [-0.1, -0.05) is 18.2 Å². The minimum atomic E-state index is 0.0979. The van der Waals surface area contributed by atoms with E-state index in [1.54, 1.807) is 7.11 Å². The fourth-order valence-corrected chi connectivity index (χ4v) is 4.00. The fraction of sp³-hybridized carbons (Fsp3) is 0.304. The van der Waals surface area contributed by atoms with Crippen molar-refractivity contribution in [2.75, 3.05) is 44.7 Å². The molecule has 0 saturated carbocycles. The van der Waals surface area contributed by atoms with Crippen molar-refractivity contribution in [3.05, 3.63) is 60.1 Å². The Hall–Kier alpha value is -3.50. The van der Waals surface area contributed by atoms with Crippen LogP contribution in [0.25, 0.3) is 16.6 Å². The third-order valence-electron chi connectivity index (χ3n) is 5.72. The second-order valence-corrected chi connectivity index (χ2v) is 7.53. The lowest BCUT2D eigenvalue weighted by Gasteiger charge is -2.33. The molecule has 30 heavy (non-hydrogen) atoms. The number of piperazine rings is 1. The maximum atomic E-state index is 10.8. The van der Waals surface area contributed by atoms with Crippen LogP contribution in [0.15, 0.2) is 54.3 Å². The third kappa shape index (κ3) is 3.82. The molecule has 0 atom stereocenters. The standard InChI is InChI=1S/C23H25N5O2/c1-26-21-9-4-3-8-20(21)25-23(26)19(15-24)22(29)16-27-10-12-28(13-11-27)17-6-5-7-18(14-17)30-2/h3-9,14,29H,10-13,16H2,1-2H3/p+1/b22-19-. The Balaban J connectivity index is 1.47. The number of nitrogens with zero attached hydrogens (tertiary/aromatic N) is 4. The van der Waals surface area contributed by atoms with Gasteiger partial charge in [-0.15, -0.1) is 0 Å². The van der Waals surface area contributed by atoms with Crippen molar-refractivity contribution in [2.24, 2.45) is 7.05 Å². The van der Waals surface area contributed by atoms with E-state index in [0.717, 1.165) is 48.6 Å². The van der Waals surface area contributed by atoms with E-state index in [1.807, 2.05) is 54.1 Å². The maximum absolute atomic E-state index is 10.8. The molecule has 2 N–H and O–H groups in total. The van der Waals surface area contributed by atoms with Crippen LogP contribution in [0, 0.1) is 11.3 Å². The highest BCUT2D eigenvalue weighted by Crippen LogP contribution is 2.22. The lowest BCUT2D eigenvalue weighted by molar-refractivity contribution is -0.897. The molecule has 1 aliphatic heterocycles. The van der Waals surface area contributed by atoms with Gasteiger partial charge >= 0.3 is 0 Å². The number of rotatable bonds is 5. The first-order chi connectivity index (χ1) is 14.6. The van der Waals surface area contributed by atoms with Crippen molar-refractivity contribution in [3.63, 3.8) is 0 Å². The van der Waals surface area contributed by atoms with Crippen molar-refractivity contribution >= 4 is 22.3 Å². The molecule has 0 radical (unpaired) electrons. The summed E-state index contributed by atoms with van der Waals surface area (Å²) in [5.41, 5.74) is 3.14. The second-order valence-electron chi connectivity index (χ2n) is 7.53. The molecule has 3 aromatic rings. The molecule has 1 aliphatic rings. The number of aromatic nitrogens is 2. The van der Waals surface area contributed by atoms with Crippen molar-refractivity contribution in [3.8, 4) is 11.8 Å². The summed E-state index contributed by atoms with van der Waals surface area (Å²) in [5.74, 6) is 1.45. The van der Waals surface area contributed by atoms with Crippen LogP contribution >= 0.6 is 0 Å². The summed E-state index contributed by atoms with van der Waals surface area (Å²) in [6.07, 6.45) is 0. The quantitative estimate of drug-likeness (QED) is 0.501. The maximum Gasteiger partial charge on any atom is 0.169 e. The van der Waals surface area contributed by atoms with E-state index in [1.165, 1.54) is 4.90 Å². The number of hydrogen-bond acceptors (Lipinski definition) is 5. The number of hydrogen-bond donors (Lipinski definition) is 2. The molecular formula is C23H26N5O2+. The molecule has 4 rings (SSSR count). The number of imidazole rings is 1. The van der Waals surface area contributed by atoms with Crippen LogP contribution in [-0.2, 0) is 7.05 Å². The van der Waals surface area contributed by atoms with Crippen molar-refractivity contribution in [1.82, 2.24) is 9.55 Å². The van der Waals surface area contributed by atoms with Crippen molar-refractivity contribution in [1.29, 1.82) is 5.26 Å². The number of nitrogens with one attached hydrogen (secondary N) is 1. The van der Waals surface area contributed by atoms with Gasteiger partial charge in [0.2, 0.25) is 0 Å². The Morgan fingerprint density at radius 2 is 1.97 bits per heavy atom. The van der Waals surface area contributed by atoms with Gasteiger partial charge in [0.1, 0.15) is 23.9 Å². The minimum absolute atomic E-state index is 0.0979. The van der Waals surface area contributed by atoms with E-state index in [4.69, 9.17) is 4.74 Å². The Bertz CT molecular complexity index is 1120. The fourth-order valence-electron chi connectivity index (χ4n) is 4.00. The van der Waals surface area contributed by atoms with Crippen LogP contribution < -0.4 is 14.5 Å². The first-order valence-corrected chi connectivity index (χ1v) is 10.1. The third-order valence-corrected chi connectivity index (χ3v) is 5.72. The summed E-state index contributed by atoms with van der Waals surface area (Å²) in [5, 5.41) is 20.5. The molecule has 0 bridgehead atoms. The summed E-state index contributed by atoms with van der Waals surface area (Å²) in [6, 6.07) is 18.0. The summed E-state index contributed by atoms with van der Waals surface area (Å²) >= 11 is 0. The predicted molar refractivity (Wildman–Crippen MR) is 117 cm³/mol. The van der Waals surface area contributed by atoms with Gasteiger partial charge in [-0.05, 0) is 24.3 Å². The van der Waals surface area contributed by atoms with Crippen LogP contribution in [0.3, 0.4) is 0 Å². The molecule has 7 nitrogen and oxygen atoms in total. The SMILES string of the molecule is COc1cccc(N2CC[NH+](C/C(O)=C(\C#N)c3nc4ccccc4n3C)CC2)c1. The van der Waals surface area contributed by atoms with Gasteiger partial charge in [0.25, 0.3) is 0 Å². The van der Waals surface area contributed by atoms with E-state index >= 15 is 0 Å². The molecule has 1 fully saturated rings. The molecule has 7 heteroatoms. The molecule has 0 unspecified atom stereocenters. The van der Waals surface area contributed by atoms with Gasteiger partial charge in [-0.2, -0.15) is 5.26 Å². The Morgan fingerprint density at radius 1 is 1.20 bits per heavy atom. The monoisotopic (exact) mass is 404 g/mol. The van der Waals surface area contributed by atoms with Gasteiger partial charge < -0.3 is 24.2 Å². The highest BCUT2D eigenvalue weighted by molar-refractivity contribution is 5.83. The van der Waals surface area contributed by atoms with Crippen LogP contribution in [0.4, 0.5) is 5.69 Å². The van der Waals surface area contributed by atoms with Crippen molar-refractivity contribution in [2.45, 2.75) is 0 Å². The highest BCUT2D eigenvalue weighted by atomic mass is 16.5. The average Bonchev–Trinajstić information content (AvgIpc) is 3.11. The first-order valence-electron chi connectivity index (χ1n) is 10.1. The number of ether oxygens (including phenoxy) is 1. The molecule has 1 aromatic heterocycles. The van der Waals surface area contributed by atoms with Gasteiger partial charge in [0.05, 0.1) is 44.3 Å². The van der Waals surface area contributed by atoms with Crippen LogP contribution in [0.5, 0.6) is 5.75 Å². The van der Waals surface area contributed by atoms with E-state index < -0.39 is 0 Å². The number of para-hydroxylation sites is 2. The molecule has 1 saturated heterocycles. The number of anilines is 1. The zero-order valence-electron chi connectivity index (χ0n) is 17.3. The number of aliphatic hydroxyl groups is 1. The number of allylic oxidation sites excluding steroid dienone is 1. The lowest BCUT2D eigenvalue weighted by atomic mass is 10.2. The van der Waals surface area contributed by atoms with Gasteiger partial charge in [-0.25, -0.2) is 4.98 Å². The largest absolute Gasteiger partial charge is 0.506 e. The smallest absolute Gasteiger partial charge is 0.169 e. The zero-order chi connectivity index (χ0) is 21.1. The van der Waals surface area contributed by atoms with Crippen LogP contribution in [0.1, 0.15) is 5.82 Å². The number of methoxy groups -OCH3 is 1. The lowest BCUT2D eigenvalue weighted by Crippen LogP contribution is -3.15. The molecule has 2 aromatic carbocycles. The Morgan fingerprint density at radius 3 is 2.67 bits per heavy atom. The summed E-state index contributed by atoms with van der Waals surface area (Å²) in [6.45, 7) is 3.93. The van der Waals surface area contributed by atoms with Crippen LogP contribution in [0.2, 0.25) is 0 Å². The summed E-state index contributed by atoms with van der Waals surface area (Å²) in [7, 11) is 3.54. The number of aryl methyl sites for hydroxylation is 1. The summed E-state index contributed by atoms with van der Waals surface area (Å²) in [4.78, 5) is 8.13. The van der Waals surface area contributed by atoms with E-state index in [2.05, 4.69) is 22.0 Å². The average molecular weight is 404 g/mol. The van der Waals surface area contributed by atoms with Crippen molar-refractivity contribution < 1.29 is 14.7 Å². The number of nitriles is 1. The Kier molecular flexibility index (Phi) is 5.59. The highest BCUT2D eigenvalue weighted by Gasteiger charge is 2.24. The van der Waals surface area contributed by atoms with Crippen LogP contribution in [-0.4, -0.2) is 54.5 Å². The Labute approximate surface area is 176 Å². The predicted octanol–water partition coefficient (Wildman–Crippen LogP) is 1.78. The minimum Gasteiger partial charge on any atom is -0.506 e. The van der Waals surface area contributed by atoms with E-state index in [-0.39, 0.29) is 11.3 Å². The number of quaternary nitrogens is 1. The van der Waals surface area contributed by atoms with E-state index in [9.17, 15) is 10.4 Å². The zero-order valence-corrected chi connectivity index (χ0v) is 17.3. The molecule has 2 heterocycles. The van der Waals surface area contributed by atoms with Gasteiger partial charge in [0.15, 0.2) is 11.6 Å². The number of aliphatic hydroxyl groups excluding tert-OH is 1. The molecular weight excluding hydrogens is 378 g/mol. The van der Waals surface area contributed by atoms with E-state index in [0.29, 0.717) is 12.4 Å². The van der Waals surface area contributed by atoms with Gasteiger partial charge in [0, 0.05) is 18.8 Å². The second kappa shape index (κ2) is 8.47. The topological polar surface area (TPSA) is 78.8 Å². The molecule has 0 amide bonds. The van der Waals surface area contributed by atoms with Gasteiger partial charge in [-0.3, -0.25) is 0 Å². The molecule has 0 spiro atoms.